The molecule has 42 heavy (non-hydrogen) atoms. The van der Waals surface area contributed by atoms with Gasteiger partial charge in [0.25, 0.3) is 10.0 Å². The lowest BCUT2D eigenvalue weighted by Gasteiger charge is -2.33. The van der Waals surface area contributed by atoms with Crippen molar-refractivity contribution in [3.8, 4) is 11.5 Å². The van der Waals surface area contributed by atoms with Crippen LogP contribution in [0, 0.1) is 12.8 Å². The van der Waals surface area contributed by atoms with E-state index in [1.807, 2.05) is 58.0 Å². The second-order valence-electron chi connectivity index (χ2n) is 10.4. The van der Waals surface area contributed by atoms with Crippen molar-refractivity contribution in [3.05, 3.63) is 83.9 Å². The van der Waals surface area contributed by atoms with Gasteiger partial charge < -0.3 is 19.7 Å². The number of hydrogen-bond donors (Lipinski definition) is 1. The Morgan fingerprint density at radius 3 is 2.12 bits per heavy atom. The Morgan fingerprint density at radius 2 is 1.55 bits per heavy atom. The third-order valence-corrected chi connectivity index (χ3v) is 8.58. The molecule has 0 fully saturated rings. The van der Waals surface area contributed by atoms with Crippen molar-refractivity contribution >= 4 is 27.5 Å². The number of methoxy groups -OCH3 is 2. The van der Waals surface area contributed by atoms with E-state index < -0.39 is 28.5 Å². The molecule has 3 aromatic carbocycles. The molecule has 0 heterocycles. The van der Waals surface area contributed by atoms with Crippen LogP contribution in [0.1, 0.15) is 38.3 Å². The van der Waals surface area contributed by atoms with Crippen LogP contribution >= 0.6 is 0 Å². The summed E-state index contributed by atoms with van der Waals surface area (Å²) in [7, 11) is -1.36. The van der Waals surface area contributed by atoms with E-state index in [1.54, 1.807) is 24.3 Å². The summed E-state index contributed by atoms with van der Waals surface area (Å²) in [5, 5.41) is 2.93. The summed E-state index contributed by atoms with van der Waals surface area (Å²) in [6, 6.07) is 19.7. The van der Waals surface area contributed by atoms with Gasteiger partial charge in [-0.25, -0.2) is 8.42 Å². The summed E-state index contributed by atoms with van der Waals surface area (Å²) in [5.74, 6) is 0.0671. The van der Waals surface area contributed by atoms with E-state index in [9.17, 15) is 18.0 Å². The third-order valence-electron chi connectivity index (χ3n) is 6.81. The number of carbonyl (C=O) groups excluding carboxylic acids is 2. The van der Waals surface area contributed by atoms with Crippen LogP contribution < -0.4 is 19.1 Å². The molecule has 0 aliphatic carbocycles. The number of sulfonamides is 1. The predicted octanol–water partition coefficient (Wildman–Crippen LogP) is 4.79. The maximum Gasteiger partial charge on any atom is 0.264 e. The van der Waals surface area contributed by atoms with E-state index in [-0.39, 0.29) is 29.0 Å². The average Bonchev–Trinajstić information content (AvgIpc) is 2.99. The highest BCUT2D eigenvalue weighted by molar-refractivity contribution is 7.92. The van der Waals surface area contributed by atoms with Crippen molar-refractivity contribution in [2.75, 3.05) is 31.6 Å². The molecule has 0 radical (unpaired) electrons. The van der Waals surface area contributed by atoms with Gasteiger partial charge in [-0.2, -0.15) is 0 Å². The number of rotatable bonds is 14. The van der Waals surface area contributed by atoms with Crippen LogP contribution in [0.15, 0.2) is 77.7 Å². The lowest BCUT2D eigenvalue weighted by Crippen LogP contribution is -2.52. The maximum absolute atomic E-state index is 14.1. The molecule has 3 rings (SSSR count). The van der Waals surface area contributed by atoms with Crippen molar-refractivity contribution in [1.29, 1.82) is 0 Å². The quantitative estimate of drug-likeness (QED) is 0.288. The molecule has 0 aliphatic heterocycles. The molecule has 0 unspecified atom stereocenters. The summed E-state index contributed by atoms with van der Waals surface area (Å²) in [4.78, 5) is 28.8. The average molecular weight is 596 g/mol. The zero-order valence-electron chi connectivity index (χ0n) is 25.2. The Hall–Kier alpha value is -4.05. The fraction of sp³-hybridized carbons (Fsp3) is 0.375. The first-order chi connectivity index (χ1) is 20.0. The zero-order chi connectivity index (χ0) is 30.9. The van der Waals surface area contributed by atoms with E-state index >= 15 is 0 Å². The number of nitrogens with one attached hydrogen (secondary N) is 1. The standard InChI is InChI=1S/C32H41N3O6S/c1-7-28(32(37)33-20-23(2)3)34(21-25-11-9-8-10-12-25)31(36)22-35(26-15-13-24(4)14-16-26)42(38,39)27-17-18-29(40-5)30(19-27)41-6/h8-19,23,28H,7,20-22H2,1-6H3,(H,33,37)/t28-/m0/s1. The molecule has 0 saturated heterocycles. The molecule has 0 spiro atoms. The first-order valence-electron chi connectivity index (χ1n) is 13.9. The molecule has 10 heteroatoms. The van der Waals surface area contributed by atoms with E-state index in [4.69, 9.17) is 9.47 Å². The Kier molecular flexibility index (Phi) is 11.4. The molecule has 0 saturated carbocycles. The third kappa shape index (κ3) is 8.03. The van der Waals surface area contributed by atoms with Gasteiger partial charge in [0.2, 0.25) is 11.8 Å². The fourth-order valence-electron chi connectivity index (χ4n) is 4.47. The summed E-state index contributed by atoms with van der Waals surface area (Å²) in [6.07, 6.45) is 0.357. The number of aryl methyl sites for hydroxylation is 1. The smallest absolute Gasteiger partial charge is 0.264 e. The van der Waals surface area contributed by atoms with Crippen molar-refractivity contribution in [2.45, 2.75) is 51.6 Å². The van der Waals surface area contributed by atoms with Crippen LogP contribution in [0.3, 0.4) is 0 Å². The number of ether oxygens (including phenoxy) is 2. The van der Waals surface area contributed by atoms with Crippen LogP contribution in [0.25, 0.3) is 0 Å². The van der Waals surface area contributed by atoms with Gasteiger partial charge >= 0.3 is 0 Å². The monoisotopic (exact) mass is 595 g/mol. The molecule has 1 atom stereocenters. The number of carbonyl (C=O) groups is 2. The molecular weight excluding hydrogens is 554 g/mol. The van der Waals surface area contributed by atoms with Gasteiger partial charge in [-0.1, -0.05) is 68.8 Å². The SMILES string of the molecule is CC[C@@H](C(=O)NCC(C)C)N(Cc1ccccc1)C(=O)CN(c1ccc(C)cc1)S(=O)(=O)c1ccc(OC)c(OC)c1. The number of benzene rings is 3. The highest BCUT2D eigenvalue weighted by Gasteiger charge is 2.34. The Bertz CT molecular complexity index is 1440. The van der Waals surface area contributed by atoms with Crippen LogP contribution in [0.5, 0.6) is 11.5 Å². The minimum absolute atomic E-state index is 0.0650. The molecule has 226 valence electrons. The minimum atomic E-state index is -4.25. The van der Waals surface area contributed by atoms with Crippen molar-refractivity contribution in [3.63, 3.8) is 0 Å². The first-order valence-corrected chi connectivity index (χ1v) is 15.4. The molecule has 0 aliphatic rings. The molecule has 9 nitrogen and oxygen atoms in total. The summed E-state index contributed by atoms with van der Waals surface area (Å²) in [6.45, 7) is 7.81. The van der Waals surface area contributed by atoms with E-state index in [0.29, 0.717) is 24.4 Å². The van der Waals surface area contributed by atoms with Crippen LogP contribution in [-0.2, 0) is 26.2 Å². The van der Waals surface area contributed by atoms with Gasteiger partial charge in [0.15, 0.2) is 11.5 Å². The molecule has 0 bridgehead atoms. The molecule has 1 N–H and O–H groups in total. The minimum Gasteiger partial charge on any atom is -0.493 e. The summed E-state index contributed by atoms with van der Waals surface area (Å²) in [5.41, 5.74) is 2.08. The highest BCUT2D eigenvalue weighted by atomic mass is 32.2. The number of amides is 2. The second-order valence-corrected chi connectivity index (χ2v) is 12.3. The maximum atomic E-state index is 14.1. The van der Waals surface area contributed by atoms with Crippen LogP contribution in [-0.4, -0.2) is 58.5 Å². The zero-order valence-corrected chi connectivity index (χ0v) is 26.0. The number of hydrogen-bond acceptors (Lipinski definition) is 6. The van der Waals surface area contributed by atoms with Gasteiger partial charge in [-0.15, -0.1) is 0 Å². The van der Waals surface area contributed by atoms with Gasteiger partial charge in [0.05, 0.1) is 24.8 Å². The summed E-state index contributed by atoms with van der Waals surface area (Å²) >= 11 is 0. The van der Waals surface area contributed by atoms with Crippen LogP contribution in [0.4, 0.5) is 5.69 Å². The highest BCUT2D eigenvalue weighted by Crippen LogP contribution is 2.32. The van der Waals surface area contributed by atoms with E-state index in [1.165, 1.54) is 37.3 Å². The van der Waals surface area contributed by atoms with Gasteiger partial charge in [0.1, 0.15) is 12.6 Å². The molecular formula is C32H41N3O6S. The topological polar surface area (TPSA) is 105 Å². The lowest BCUT2D eigenvalue weighted by molar-refractivity contribution is -0.140. The van der Waals surface area contributed by atoms with E-state index in [2.05, 4.69) is 5.32 Å². The Balaban J connectivity index is 2.07. The normalized spacial score (nSPS) is 12.0. The van der Waals surface area contributed by atoms with Gasteiger partial charge in [0, 0.05) is 19.2 Å². The van der Waals surface area contributed by atoms with Gasteiger partial charge in [-0.05, 0) is 49.1 Å². The molecule has 2 amide bonds. The number of anilines is 1. The van der Waals surface area contributed by atoms with Gasteiger partial charge in [-0.3, -0.25) is 13.9 Å². The fourth-order valence-corrected chi connectivity index (χ4v) is 5.90. The van der Waals surface area contributed by atoms with Crippen LogP contribution in [0.2, 0.25) is 0 Å². The lowest BCUT2D eigenvalue weighted by atomic mass is 10.1. The number of nitrogens with zero attached hydrogens (tertiary/aromatic N) is 2. The van der Waals surface area contributed by atoms with E-state index in [0.717, 1.165) is 15.4 Å². The molecule has 3 aromatic rings. The summed E-state index contributed by atoms with van der Waals surface area (Å²) < 4.78 is 40.0. The van der Waals surface area contributed by atoms with Crippen molar-refractivity contribution in [2.24, 2.45) is 5.92 Å². The van der Waals surface area contributed by atoms with Crippen molar-refractivity contribution < 1.29 is 27.5 Å². The Labute approximate surface area is 249 Å². The first kappa shape index (κ1) is 32.5. The second kappa shape index (κ2) is 14.7. The van der Waals surface area contributed by atoms with Crippen molar-refractivity contribution in [1.82, 2.24) is 10.2 Å². The molecule has 0 aromatic heterocycles. The predicted molar refractivity (Wildman–Crippen MR) is 164 cm³/mol. The Morgan fingerprint density at radius 1 is 0.905 bits per heavy atom. The largest absolute Gasteiger partial charge is 0.493 e.